The normalized spacial score (nSPS) is 23.6. The van der Waals surface area contributed by atoms with E-state index in [1.807, 2.05) is 6.92 Å². The van der Waals surface area contributed by atoms with Crippen molar-refractivity contribution in [3.05, 3.63) is 23.9 Å². The maximum Gasteiger partial charge on any atom is 0.205 e. The Morgan fingerprint density at radius 3 is 2.90 bits per heavy atom. The molecule has 0 aliphatic carbocycles. The van der Waals surface area contributed by atoms with Gasteiger partial charge in [-0.05, 0) is 32.4 Å². The zero-order valence-electron chi connectivity index (χ0n) is 11.7. The number of oxime groups is 1. The molecular formula is C13H18N2O4S. The molecule has 110 valence electrons. The molecule has 0 amide bonds. The van der Waals surface area contributed by atoms with Gasteiger partial charge in [0.25, 0.3) is 0 Å². The van der Waals surface area contributed by atoms with Gasteiger partial charge in [0, 0.05) is 18.9 Å². The summed E-state index contributed by atoms with van der Waals surface area (Å²) in [5.41, 5.74) is 0.938. The number of nitrogens with zero attached hydrogens (tertiary/aromatic N) is 2. The Labute approximate surface area is 118 Å². The van der Waals surface area contributed by atoms with E-state index < -0.39 is 15.1 Å². The highest BCUT2D eigenvalue weighted by molar-refractivity contribution is 7.93. The van der Waals surface area contributed by atoms with Gasteiger partial charge in [-0.25, -0.2) is 13.4 Å². The molecule has 0 aromatic carbocycles. The van der Waals surface area contributed by atoms with Gasteiger partial charge in [0.2, 0.25) is 9.84 Å². The minimum atomic E-state index is -3.53. The van der Waals surface area contributed by atoms with E-state index in [0.717, 1.165) is 0 Å². The zero-order valence-corrected chi connectivity index (χ0v) is 12.6. The van der Waals surface area contributed by atoms with Crippen molar-refractivity contribution < 1.29 is 18.0 Å². The summed E-state index contributed by atoms with van der Waals surface area (Å²) in [6.45, 7) is 4.00. The quantitative estimate of drug-likeness (QED) is 0.768. The van der Waals surface area contributed by atoms with Gasteiger partial charge in [0.1, 0.15) is 17.6 Å². The van der Waals surface area contributed by atoms with Gasteiger partial charge in [-0.15, -0.1) is 0 Å². The van der Waals surface area contributed by atoms with Crippen molar-refractivity contribution in [2.24, 2.45) is 5.16 Å². The molecule has 0 saturated carbocycles. The molecule has 0 N–H and O–H groups in total. The van der Waals surface area contributed by atoms with E-state index in [4.69, 9.17) is 9.57 Å². The van der Waals surface area contributed by atoms with E-state index in [1.165, 1.54) is 6.20 Å². The molecule has 6 nitrogen and oxygen atoms in total. The molecule has 2 rings (SSSR count). The molecule has 2 heterocycles. The lowest BCUT2D eigenvalue weighted by atomic mass is 10.1. The number of hydrogen-bond acceptors (Lipinski definition) is 6. The summed E-state index contributed by atoms with van der Waals surface area (Å²) in [5, 5.41) is 3.30. The fraction of sp³-hybridized carbons (Fsp3) is 0.538. The summed E-state index contributed by atoms with van der Waals surface area (Å²) < 4.78 is 30.3. The minimum absolute atomic E-state index is 0.0757. The number of methoxy groups -OCH3 is 1. The number of pyridine rings is 1. The van der Waals surface area contributed by atoms with Crippen molar-refractivity contribution in [1.82, 2.24) is 4.98 Å². The Morgan fingerprint density at radius 2 is 2.25 bits per heavy atom. The number of fused-ring (bicyclic) bond motifs is 1. The van der Waals surface area contributed by atoms with E-state index in [0.29, 0.717) is 24.3 Å². The van der Waals surface area contributed by atoms with Crippen LogP contribution in [0.2, 0.25) is 0 Å². The summed E-state index contributed by atoms with van der Waals surface area (Å²) >= 11 is 0. The number of hydrogen-bond donors (Lipinski definition) is 0. The average Bonchev–Trinajstić information content (AvgIpc) is 2.66. The van der Waals surface area contributed by atoms with Crippen molar-refractivity contribution in [3.8, 4) is 0 Å². The Hall–Kier alpha value is -1.47. The van der Waals surface area contributed by atoms with Crippen LogP contribution in [0.3, 0.4) is 0 Å². The Bertz CT molecular complexity index is 613. The van der Waals surface area contributed by atoms with Gasteiger partial charge in [-0.2, -0.15) is 0 Å². The van der Waals surface area contributed by atoms with Crippen molar-refractivity contribution >= 4 is 15.5 Å². The molecule has 1 aromatic heterocycles. The fourth-order valence-corrected chi connectivity index (χ4v) is 4.09. The average molecular weight is 298 g/mol. The van der Waals surface area contributed by atoms with Crippen LogP contribution in [0.5, 0.6) is 0 Å². The monoisotopic (exact) mass is 298 g/mol. The molecule has 2 unspecified atom stereocenters. The second-order valence-electron chi connectivity index (χ2n) is 4.57. The van der Waals surface area contributed by atoms with Crippen LogP contribution >= 0.6 is 0 Å². The smallest absolute Gasteiger partial charge is 0.205 e. The number of sulfone groups is 1. The molecule has 0 bridgehead atoms. The largest absolute Gasteiger partial charge is 0.396 e. The Balaban J connectivity index is 2.50. The van der Waals surface area contributed by atoms with Gasteiger partial charge in [-0.1, -0.05) is 5.16 Å². The van der Waals surface area contributed by atoms with Gasteiger partial charge in [-0.3, -0.25) is 0 Å². The standard InChI is InChI=1S/C13H18N2O4S/c1-4-19-15-12-10-6-5-7-14-13(10)20(16,17)11(12)8-9(2)18-3/h5-7,9,11H,4,8H2,1-3H3. The molecule has 0 spiro atoms. The maximum atomic E-state index is 12.6. The predicted octanol–water partition coefficient (Wildman–Crippen LogP) is 1.40. The second kappa shape index (κ2) is 5.88. The zero-order chi connectivity index (χ0) is 14.8. The Kier molecular flexibility index (Phi) is 4.39. The van der Waals surface area contributed by atoms with Crippen LogP contribution in [0.25, 0.3) is 0 Å². The lowest BCUT2D eigenvalue weighted by Gasteiger charge is -2.15. The maximum absolute atomic E-state index is 12.6. The summed E-state index contributed by atoms with van der Waals surface area (Å²) in [6.07, 6.45) is 1.59. The molecule has 20 heavy (non-hydrogen) atoms. The SMILES string of the molecule is CCON=C1c2cccnc2S(=O)(=O)C1CC(C)OC. The van der Waals surface area contributed by atoms with Crippen molar-refractivity contribution in [2.45, 2.75) is 36.6 Å². The highest BCUT2D eigenvalue weighted by atomic mass is 32.2. The lowest BCUT2D eigenvalue weighted by molar-refractivity contribution is 0.112. The summed E-state index contributed by atoms with van der Waals surface area (Å²) in [6, 6.07) is 3.40. The third-order valence-corrected chi connectivity index (χ3v) is 5.27. The number of rotatable bonds is 5. The topological polar surface area (TPSA) is 77.9 Å². The molecule has 0 saturated heterocycles. The number of aromatic nitrogens is 1. The van der Waals surface area contributed by atoms with Crippen molar-refractivity contribution in [1.29, 1.82) is 0 Å². The second-order valence-corrected chi connectivity index (χ2v) is 6.61. The van der Waals surface area contributed by atoms with E-state index in [-0.39, 0.29) is 11.1 Å². The first-order valence-electron chi connectivity index (χ1n) is 6.44. The van der Waals surface area contributed by atoms with Crippen LogP contribution in [0.15, 0.2) is 28.5 Å². The van der Waals surface area contributed by atoms with Crippen LogP contribution in [0.1, 0.15) is 25.8 Å². The van der Waals surface area contributed by atoms with Crippen LogP contribution in [-0.4, -0.2) is 44.2 Å². The van der Waals surface area contributed by atoms with Crippen molar-refractivity contribution in [3.63, 3.8) is 0 Å². The van der Waals surface area contributed by atoms with Crippen LogP contribution < -0.4 is 0 Å². The van der Waals surface area contributed by atoms with E-state index in [1.54, 1.807) is 26.2 Å². The van der Waals surface area contributed by atoms with Crippen LogP contribution in [0, 0.1) is 0 Å². The Morgan fingerprint density at radius 1 is 1.50 bits per heavy atom. The third-order valence-electron chi connectivity index (χ3n) is 3.24. The molecular weight excluding hydrogens is 280 g/mol. The molecule has 1 aromatic rings. The van der Waals surface area contributed by atoms with Crippen molar-refractivity contribution in [2.75, 3.05) is 13.7 Å². The highest BCUT2D eigenvalue weighted by Gasteiger charge is 2.44. The number of ether oxygens (including phenoxy) is 1. The first kappa shape index (κ1) is 14.9. The summed E-state index contributed by atoms with van der Waals surface area (Å²) in [4.78, 5) is 9.06. The molecule has 0 radical (unpaired) electrons. The fourth-order valence-electron chi connectivity index (χ4n) is 2.15. The highest BCUT2D eigenvalue weighted by Crippen LogP contribution is 2.32. The van der Waals surface area contributed by atoms with Gasteiger partial charge < -0.3 is 9.57 Å². The molecule has 7 heteroatoms. The molecule has 1 aliphatic heterocycles. The van der Waals surface area contributed by atoms with Gasteiger partial charge in [0.15, 0.2) is 5.03 Å². The van der Waals surface area contributed by atoms with Crippen LogP contribution in [0.4, 0.5) is 0 Å². The minimum Gasteiger partial charge on any atom is -0.396 e. The lowest BCUT2D eigenvalue weighted by Crippen LogP contribution is -2.28. The third kappa shape index (κ3) is 2.55. The molecule has 2 atom stereocenters. The van der Waals surface area contributed by atoms with E-state index >= 15 is 0 Å². The summed E-state index contributed by atoms with van der Waals surface area (Å²) in [7, 11) is -1.98. The molecule has 1 aliphatic rings. The first-order chi connectivity index (χ1) is 9.52. The van der Waals surface area contributed by atoms with Gasteiger partial charge in [0.05, 0.1) is 6.10 Å². The van der Waals surface area contributed by atoms with Crippen LogP contribution in [-0.2, 0) is 19.4 Å². The van der Waals surface area contributed by atoms with E-state index in [9.17, 15) is 8.42 Å². The summed E-state index contributed by atoms with van der Waals surface area (Å²) in [5.74, 6) is 0. The predicted molar refractivity (Wildman–Crippen MR) is 74.5 cm³/mol. The first-order valence-corrected chi connectivity index (χ1v) is 7.99. The van der Waals surface area contributed by atoms with E-state index in [2.05, 4.69) is 10.1 Å². The molecule has 0 fully saturated rings. The van der Waals surface area contributed by atoms with Gasteiger partial charge >= 0.3 is 0 Å².